The molecule has 0 bridgehead atoms. The number of rotatable bonds is 30. The minimum atomic E-state index is -0.815. The molecule has 2 aromatic rings. The summed E-state index contributed by atoms with van der Waals surface area (Å²) >= 11 is 0. The Kier molecular flexibility index (Phi) is 22.4. The lowest BCUT2D eigenvalue weighted by molar-refractivity contribution is -0.384. The van der Waals surface area contributed by atoms with Crippen molar-refractivity contribution in [3.63, 3.8) is 0 Å². The summed E-state index contributed by atoms with van der Waals surface area (Å²) in [6.45, 7) is 13.7. The molecule has 302 valence electrons. The molecule has 0 aliphatic carbocycles. The molecular formula is C44H70N4O6. The molecule has 0 fully saturated rings. The zero-order chi connectivity index (χ0) is 39.7. The third kappa shape index (κ3) is 18.0. The molecule has 0 radical (unpaired) electrons. The summed E-state index contributed by atoms with van der Waals surface area (Å²) in [5.41, 5.74) is 0.489. The number of nitrogens with zero attached hydrogens (tertiary/aromatic N) is 4. The minimum absolute atomic E-state index is 0.00235. The Labute approximate surface area is 326 Å². The maximum atomic E-state index is 13.4. The van der Waals surface area contributed by atoms with Gasteiger partial charge in [-0.15, -0.1) is 0 Å². The zero-order valence-corrected chi connectivity index (χ0v) is 34.4. The van der Waals surface area contributed by atoms with Crippen molar-refractivity contribution in [1.29, 1.82) is 0 Å². The summed E-state index contributed by atoms with van der Waals surface area (Å²) in [6, 6.07) is 13.4. The van der Waals surface area contributed by atoms with Gasteiger partial charge in [0.05, 0.1) is 40.3 Å². The van der Waals surface area contributed by atoms with Gasteiger partial charge in [0.2, 0.25) is 0 Å². The van der Waals surface area contributed by atoms with Crippen molar-refractivity contribution in [3.8, 4) is 0 Å². The molecule has 0 aliphatic heterocycles. The highest BCUT2D eigenvalue weighted by molar-refractivity contribution is 5.80. The van der Waals surface area contributed by atoms with Crippen LogP contribution in [0, 0.1) is 20.9 Å². The lowest BCUT2D eigenvalue weighted by Gasteiger charge is -2.34. The third-order valence-corrected chi connectivity index (χ3v) is 10.4. The van der Waals surface area contributed by atoms with E-state index in [4.69, 9.17) is 9.47 Å². The lowest BCUT2D eigenvalue weighted by Crippen LogP contribution is -2.39. The summed E-state index contributed by atoms with van der Waals surface area (Å²) in [5, 5.41) is 19.2. The number of carbonyl (C=O) groups is 2. The summed E-state index contributed by atoms with van der Waals surface area (Å²) in [4.78, 5) is 39.0. The maximum absolute atomic E-state index is 13.4. The van der Waals surface area contributed by atoms with E-state index in [0.29, 0.717) is 43.9 Å². The minimum Gasteiger partial charge on any atom is -0.465 e. The summed E-state index contributed by atoms with van der Waals surface area (Å²) < 4.78 is 11.5. The van der Waals surface area contributed by atoms with Crippen LogP contribution < -0.4 is 4.90 Å². The normalized spacial score (nSPS) is 12.8. The smallest absolute Gasteiger partial charge is 0.311 e. The predicted octanol–water partition coefficient (Wildman–Crippen LogP) is 13.0. The van der Waals surface area contributed by atoms with E-state index < -0.39 is 15.8 Å². The fourth-order valence-electron chi connectivity index (χ4n) is 6.78. The number of hydrogen-bond acceptors (Lipinski definition) is 9. The second kappa shape index (κ2) is 26.1. The van der Waals surface area contributed by atoms with Gasteiger partial charge in [-0.05, 0) is 83.4 Å². The van der Waals surface area contributed by atoms with E-state index in [0.717, 1.165) is 18.5 Å². The van der Waals surface area contributed by atoms with Gasteiger partial charge in [-0.2, -0.15) is 10.2 Å². The number of ether oxygens (including phenoxy) is 2. The highest BCUT2D eigenvalue weighted by Crippen LogP contribution is 2.38. The number of benzene rings is 2. The number of carbonyl (C=O) groups excluding carboxylic acids is 2. The maximum Gasteiger partial charge on any atom is 0.311 e. The van der Waals surface area contributed by atoms with Gasteiger partial charge < -0.3 is 14.4 Å². The van der Waals surface area contributed by atoms with E-state index in [-0.39, 0.29) is 24.2 Å². The highest BCUT2D eigenvalue weighted by atomic mass is 16.6. The molecule has 0 N–H and O–H groups in total. The number of non-ortho nitro benzene ring substituents is 1. The molecule has 0 saturated carbocycles. The van der Waals surface area contributed by atoms with Crippen LogP contribution in [0.15, 0.2) is 58.8 Å². The van der Waals surface area contributed by atoms with E-state index in [1.165, 1.54) is 102 Å². The van der Waals surface area contributed by atoms with E-state index in [9.17, 15) is 19.7 Å². The highest BCUT2D eigenvalue weighted by Gasteiger charge is 2.43. The molecule has 10 heteroatoms. The van der Waals surface area contributed by atoms with Crippen LogP contribution >= 0.6 is 0 Å². The molecule has 0 aromatic heterocycles. The largest absolute Gasteiger partial charge is 0.465 e. The molecule has 54 heavy (non-hydrogen) atoms. The Morgan fingerprint density at radius 1 is 0.648 bits per heavy atom. The summed E-state index contributed by atoms with van der Waals surface area (Å²) in [5.74, 6) is -0.564. The number of esters is 2. The fraction of sp³-hybridized carbons (Fsp3) is 0.682. The Morgan fingerprint density at radius 2 is 1.09 bits per heavy atom. The topological polar surface area (TPSA) is 124 Å². The third-order valence-electron chi connectivity index (χ3n) is 10.4. The van der Waals surface area contributed by atoms with Gasteiger partial charge in [0.25, 0.3) is 5.69 Å². The second-order valence-electron chi connectivity index (χ2n) is 15.6. The van der Waals surface area contributed by atoms with Crippen molar-refractivity contribution in [2.75, 3.05) is 31.2 Å². The molecule has 2 aromatic carbocycles. The first kappa shape index (κ1) is 46.3. The van der Waals surface area contributed by atoms with Crippen LogP contribution in [0.2, 0.25) is 0 Å². The Bertz CT molecular complexity index is 1380. The SMILES string of the molecule is CCCCCCCCCCCCCCCCCCOC(=O)C(C)(C)CC(C)(CC)C(=O)OCCN(CC)c1ccc(/N=N/c2ccc([N+](=O)[O-])cc2)cc1. The average molecular weight is 751 g/mol. The van der Waals surface area contributed by atoms with Crippen molar-refractivity contribution >= 4 is 34.7 Å². The number of hydrogen-bond donors (Lipinski definition) is 0. The standard InChI is InChI=1S/C44H70N4O6/c1-7-10-11-12-13-14-15-16-17-18-19-20-21-22-23-24-34-53-41(49)43(4,5)36-44(6,8-2)42(50)54-35-33-47(9-3)39-29-25-37(26-30-39)45-46-38-27-31-40(32-28-38)48(51)52/h25-32H,7-24,33-36H2,1-6H3/b46-45+. The van der Waals surface area contributed by atoms with Crippen LogP contribution in [0.4, 0.5) is 22.7 Å². The molecule has 0 spiro atoms. The van der Waals surface area contributed by atoms with E-state index >= 15 is 0 Å². The van der Waals surface area contributed by atoms with E-state index in [1.807, 2.05) is 58.9 Å². The van der Waals surface area contributed by atoms with E-state index in [1.54, 1.807) is 12.1 Å². The summed E-state index contributed by atoms with van der Waals surface area (Å²) in [7, 11) is 0. The first-order valence-corrected chi connectivity index (χ1v) is 20.8. The molecule has 2 rings (SSSR count). The molecule has 0 amide bonds. The van der Waals surface area contributed by atoms with Crippen LogP contribution in [-0.4, -0.2) is 43.2 Å². The van der Waals surface area contributed by atoms with Crippen LogP contribution in [-0.2, 0) is 19.1 Å². The van der Waals surface area contributed by atoms with Gasteiger partial charge in [-0.3, -0.25) is 19.7 Å². The van der Waals surface area contributed by atoms with Crippen LogP contribution in [0.5, 0.6) is 0 Å². The van der Waals surface area contributed by atoms with Gasteiger partial charge in [-0.1, -0.05) is 110 Å². The van der Waals surface area contributed by atoms with Crippen molar-refractivity contribution in [3.05, 3.63) is 58.6 Å². The first-order chi connectivity index (χ1) is 26.0. The number of nitro benzene ring substituents is 1. The van der Waals surface area contributed by atoms with Gasteiger partial charge in [0, 0.05) is 24.4 Å². The van der Waals surface area contributed by atoms with Crippen molar-refractivity contribution in [2.45, 2.75) is 157 Å². The van der Waals surface area contributed by atoms with Crippen LogP contribution in [0.3, 0.4) is 0 Å². The number of anilines is 1. The monoisotopic (exact) mass is 751 g/mol. The van der Waals surface area contributed by atoms with Gasteiger partial charge >= 0.3 is 11.9 Å². The molecule has 1 unspecified atom stereocenters. The van der Waals surface area contributed by atoms with Gasteiger partial charge in [-0.25, -0.2) is 0 Å². The lowest BCUT2D eigenvalue weighted by atomic mass is 9.72. The fourth-order valence-corrected chi connectivity index (χ4v) is 6.78. The molecular weight excluding hydrogens is 681 g/mol. The Balaban J connectivity index is 1.66. The van der Waals surface area contributed by atoms with Gasteiger partial charge in [0.15, 0.2) is 0 Å². The number of likely N-dealkylation sites (N-methyl/N-ethyl adjacent to an activating group) is 1. The summed E-state index contributed by atoms with van der Waals surface area (Å²) in [6.07, 6.45) is 21.7. The van der Waals surface area contributed by atoms with Gasteiger partial charge in [0.1, 0.15) is 6.61 Å². The molecule has 0 heterocycles. The van der Waals surface area contributed by atoms with Crippen LogP contribution in [0.1, 0.15) is 157 Å². The first-order valence-electron chi connectivity index (χ1n) is 20.8. The van der Waals surface area contributed by atoms with Crippen molar-refractivity contribution < 1.29 is 24.0 Å². The van der Waals surface area contributed by atoms with Crippen LogP contribution in [0.25, 0.3) is 0 Å². The zero-order valence-electron chi connectivity index (χ0n) is 34.4. The quantitative estimate of drug-likeness (QED) is 0.0256. The van der Waals surface area contributed by atoms with Crippen molar-refractivity contribution in [1.82, 2.24) is 0 Å². The second-order valence-corrected chi connectivity index (χ2v) is 15.6. The predicted molar refractivity (Wildman–Crippen MR) is 220 cm³/mol. The molecule has 0 saturated heterocycles. The number of unbranched alkanes of at least 4 members (excludes halogenated alkanes) is 15. The molecule has 0 aliphatic rings. The molecule has 10 nitrogen and oxygen atoms in total. The van der Waals surface area contributed by atoms with Crippen molar-refractivity contribution in [2.24, 2.45) is 21.1 Å². The Hall–Kier alpha value is -3.82. The molecule has 1 atom stereocenters. The van der Waals surface area contributed by atoms with E-state index in [2.05, 4.69) is 22.1 Å². The average Bonchev–Trinajstić information content (AvgIpc) is 3.16. The Morgan fingerprint density at radius 3 is 1.54 bits per heavy atom. The number of nitro groups is 1. The number of azo groups is 1.